The summed E-state index contributed by atoms with van der Waals surface area (Å²) in [5.74, 6) is 0. The number of hydrogen-bond acceptors (Lipinski definition) is 4. The zero-order chi connectivity index (χ0) is 14.6. The predicted octanol–water partition coefficient (Wildman–Crippen LogP) is 5.50. The zero-order valence-electron chi connectivity index (χ0n) is 12.8. The molecule has 0 aliphatic carbocycles. The Morgan fingerprint density at radius 2 is 2.10 bits per heavy atom. The summed E-state index contributed by atoms with van der Waals surface area (Å²) in [6.45, 7) is 9.24. The van der Waals surface area contributed by atoms with Crippen LogP contribution >= 0.6 is 23.3 Å². The number of rotatable bonds is 7. The number of fused-ring (bicyclic) bond motifs is 1. The van der Waals surface area contributed by atoms with Crippen LogP contribution in [0.25, 0.3) is 10.2 Å². The molecule has 0 bridgehead atoms. The summed E-state index contributed by atoms with van der Waals surface area (Å²) < 4.78 is 5.90. The first-order chi connectivity index (χ1) is 9.50. The van der Waals surface area contributed by atoms with Gasteiger partial charge in [-0.25, -0.2) is 4.98 Å². The van der Waals surface area contributed by atoms with Gasteiger partial charge in [-0.3, -0.25) is 4.72 Å². The number of aromatic nitrogens is 1. The van der Waals surface area contributed by atoms with Crippen molar-refractivity contribution in [2.75, 3.05) is 0 Å². The van der Waals surface area contributed by atoms with E-state index in [9.17, 15) is 0 Å². The second-order valence-electron chi connectivity index (χ2n) is 6.19. The molecule has 1 atom stereocenters. The molecule has 1 N–H and O–H groups in total. The first-order valence-corrected chi connectivity index (χ1v) is 8.91. The van der Waals surface area contributed by atoms with E-state index >= 15 is 0 Å². The quantitative estimate of drug-likeness (QED) is 0.684. The molecule has 2 aromatic rings. The number of para-hydroxylation sites is 1. The second-order valence-corrected chi connectivity index (χ2v) is 8.30. The van der Waals surface area contributed by atoms with E-state index < -0.39 is 0 Å². The topological polar surface area (TPSA) is 24.9 Å². The van der Waals surface area contributed by atoms with Crippen molar-refractivity contribution >= 4 is 33.5 Å². The number of nitrogens with zero attached hydrogens (tertiary/aromatic N) is 1. The van der Waals surface area contributed by atoms with Crippen LogP contribution in [0.3, 0.4) is 0 Å². The lowest BCUT2D eigenvalue weighted by molar-refractivity contribution is 0.279. The molecule has 0 fully saturated rings. The molecule has 0 radical (unpaired) electrons. The Balaban J connectivity index is 1.88. The minimum absolute atomic E-state index is 0.412. The van der Waals surface area contributed by atoms with Crippen LogP contribution < -0.4 is 4.72 Å². The van der Waals surface area contributed by atoms with E-state index in [2.05, 4.69) is 55.6 Å². The molecule has 0 saturated heterocycles. The van der Waals surface area contributed by atoms with Gasteiger partial charge in [0.2, 0.25) is 0 Å². The first-order valence-electron chi connectivity index (χ1n) is 7.28. The Labute approximate surface area is 130 Å². The maximum Gasteiger partial charge on any atom is 0.166 e. The third kappa shape index (κ3) is 4.47. The van der Waals surface area contributed by atoms with Gasteiger partial charge < -0.3 is 0 Å². The van der Waals surface area contributed by atoms with Crippen molar-refractivity contribution < 1.29 is 0 Å². The monoisotopic (exact) mass is 308 g/mol. The van der Waals surface area contributed by atoms with Crippen LogP contribution in [0.15, 0.2) is 28.6 Å². The molecule has 0 saturated carbocycles. The van der Waals surface area contributed by atoms with Crippen molar-refractivity contribution in [3.63, 3.8) is 0 Å². The summed E-state index contributed by atoms with van der Waals surface area (Å²) in [7, 11) is 0. The lowest BCUT2D eigenvalue weighted by atomic mass is 9.82. The molecule has 0 amide bonds. The highest BCUT2D eigenvalue weighted by molar-refractivity contribution is 7.99. The SMILES string of the molecule is CCCC(C)(C)CC(C)NSc1nc2ccccc2s1. The number of nitrogens with one attached hydrogen (secondary N) is 1. The summed E-state index contributed by atoms with van der Waals surface area (Å²) in [5, 5.41) is 0. The molecule has 1 unspecified atom stereocenters. The molecule has 1 heterocycles. The van der Waals surface area contributed by atoms with Gasteiger partial charge in [-0.15, -0.1) is 11.3 Å². The van der Waals surface area contributed by atoms with Gasteiger partial charge in [-0.05, 0) is 49.3 Å². The van der Waals surface area contributed by atoms with Gasteiger partial charge in [0.1, 0.15) is 0 Å². The molecule has 0 aliphatic heterocycles. The number of hydrogen-bond donors (Lipinski definition) is 1. The fourth-order valence-electron chi connectivity index (χ4n) is 2.70. The molecule has 1 aromatic heterocycles. The van der Waals surface area contributed by atoms with Gasteiger partial charge in [0, 0.05) is 6.04 Å². The van der Waals surface area contributed by atoms with E-state index in [0.29, 0.717) is 11.5 Å². The zero-order valence-corrected chi connectivity index (χ0v) is 14.4. The molecular formula is C16H24N2S2. The van der Waals surface area contributed by atoms with Crippen LogP contribution in [0.5, 0.6) is 0 Å². The van der Waals surface area contributed by atoms with E-state index in [0.717, 1.165) is 9.86 Å². The molecule has 110 valence electrons. The summed E-state index contributed by atoms with van der Waals surface area (Å²) >= 11 is 3.43. The minimum Gasteiger partial charge on any atom is -0.255 e. The van der Waals surface area contributed by atoms with E-state index in [1.54, 1.807) is 23.3 Å². The van der Waals surface area contributed by atoms with Gasteiger partial charge in [-0.1, -0.05) is 39.3 Å². The van der Waals surface area contributed by atoms with Gasteiger partial charge >= 0.3 is 0 Å². The largest absolute Gasteiger partial charge is 0.255 e. The molecule has 2 rings (SSSR count). The van der Waals surface area contributed by atoms with E-state index in [1.165, 1.54) is 24.0 Å². The second kappa shape index (κ2) is 6.92. The van der Waals surface area contributed by atoms with Crippen LogP contribution in [0.1, 0.15) is 47.0 Å². The van der Waals surface area contributed by atoms with Crippen molar-refractivity contribution in [2.45, 2.75) is 57.3 Å². The Kier molecular flexibility index (Phi) is 5.47. The van der Waals surface area contributed by atoms with Crippen molar-refractivity contribution in [2.24, 2.45) is 5.41 Å². The Morgan fingerprint density at radius 1 is 1.35 bits per heavy atom. The fourth-order valence-corrected chi connectivity index (χ4v) is 4.50. The lowest BCUT2D eigenvalue weighted by Crippen LogP contribution is -2.26. The molecule has 2 nitrogen and oxygen atoms in total. The molecule has 1 aromatic carbocycles. The molecule has 0 spiro atoms. The number of thiazole rings is 1. The highest BCUT2D eigenvalue weighted by Crippen LogP contribution is 2.31. The van der Waals surface area contributed by atoms with E-state index in [1.807, 2.05) is 6.07 Å². The average molecular weight is 309 g/mol. The number of benzene rings is 1. The Hall–Kier alpha value is -0.580. The summed E-state index contributed by atoms with van der Waals surface area (Å²) in [6.07, 6.45) is 3.73. The minimum atomic E-state index is 0.412. The fraction of sp³-hybridized carbons (Fsp3) is 0.562. The van der Waals surface area contributed by atoms with E-state index in [-0.39, 0.29) is 0 Å². The normalized spacial score (nSPS) is 13.8. The molecule has 4 heteroatoms. The van der Waals surface area contributed by atoms with Crippen LogP contribution in [0.2, 0.25) is 0 Å². The molecular weight excluding hydrogens is 284 g/mol. The highest BCUT2D eigenvalue weighted by Gasteiger charge is 2.20. The molecule has 20 heavy (non-hydrogen) atoms. The average Bonchev–Trinajstić information content (AvgIpc) is 2.78. The first kappa shape index (κ1) is 15.8. The Morgan fingerprint density at radius 3 is 2.80 bits per heavy atom. The maximum atomic E-state index is 4.64. The van der Waals surface area contributed by atoms with Gasteiger partial charge in [-0.2, -0.15) is 0 Å². The summed E-state index contributed by atoms with van der Waals surface area (Å²) in [5.41, 5.74) is 1.51. The van der Waals surface area contributed by atoms with Crippen molar-refractivity contribution in [3.05, 3.63) is 24.3 Å². The third-order valence-corrected chi connectivity index (χ3v) is 5.52. The highest BCUT2D eigenvalue weighted by atomic mass is 32.2. The summed E-state index contributed by atoms with van der Waals surface area (Å²) in [4.78, 5) is 4.64. The van der Waals surface area contributed by atoms with Crippen LogP contribution in [-0.4, -0.2) is 11.0 Å². The van der Waals surface area contributed by atoms with Gasteiger partial charge in [0.25, 0.3) is 0 Å². The third-order valence-electron chi connectivity index (χ3n) is 3.41. The smallest absolute Gasteiger partial charge is 0.166 e. The lowest BCUT2D eigenvalue weighted by Gasteiger charge is -2.27. The Bertz CT molecular complexity index is 515. The molecule has 0 aliphatic rings. The van der Waals surface area contributed by atoms with Crippen LogP contribution in [-0.2, 0) is 0 Å². The van der Waals surface area contributed by atoms with Crippen molar-refractivity contribution in [3.8, 4) is 0 Å². The summed E-state index contributed by atoms with van der Waals surface area (Å²) in [6, 6.07) is 8.81. The van der Waals surface area contributed by atoms with Crippen LogP contribution in [0, 0.1) is 5.41 Å². The van der Waals surface area contributed by atoms with Crippen molar-refractivity contribution in [1.82, 2.24) is 9.71 Å². The van der Waals surface area contributed by atoms with Gasteiger partial charge in [0.15, 0.2) is 4.34 Å². The van der Waals surface area contributed by atoms with Crippen LogP contribution in [0.4, 0.5) is 0 Å². The predicted molar refractivity (Wildman–Crippen MR) is 91.4 cm³/mol. The maximum absolute atomic E-state index is 4.64. The van der Waals surface area contributed by atoms with Gasteiger partial charge in [0.05, 0.1) is 10.2 Å². The van der Waals surface area contributed by atoms with E-state index in [4.69, 9.17) is 0 Å². The van der Waals surface area contributed by atoms with Crippen molar-refractivity contribution in [1.29, 1.82) is 0 Å². The standard InChI is InChI=1S/C16H24N2S2/c1-5-10-16(3,4)11-12(2)18-20-15-17-13-8-6-7-9-14(13)19-15/h6-9,12,18H,5,10-11H2,1-4H3.